The highest BCUT2D eigenvalue weighted by Gasteiger charge is 2.17. The molecule has 0 radical (unpaired) electrons. The van der Waals surface area contributed by atoms with E-state index in [4.69, 9.17) is 4.74 Å². The van der Waals surface area contributed by atoms with Crippen LogP contribution in [0.25, 0.3) is 0 Å². The quantitative estimate of drug-likeness (QED) is 0.679. The van der Waals surface area contributed by atoms with E-state index in [1.165, 1.54) is 31.0 Å². The molecular weight excluding hydrogens is 384 g/mol. The van der Waals surface area contributed by atoms with Gasteiger partial charge in [-0.2, -0.15) is 5.26 Å². The molecule has 3 rings (SSSR count). The van der Waals surface area contributed by atoms with E-state index in [1.807, 2.05) is 18.2 Å². The van der Waals surface area contributed by atoms with Crippen molar-refractivity contribution in [3.63, 3.8) is 0 Å². The van der Waals surface area contributed by atoms with Crippen molar-refractivity contribution in [3.8, 4) is 6.07 Å². The van der Waals surface area contributed by atoms with E-state index in [1.54, 1.807) is 30.3 Å². The first-order valence-corrected chi connectivity index (χ1v) is 10.7. The highest BCUT2D eigenvalue weighted by Crippen LogP contribution is 2.32. The van der Waals surface area contributed by atoms with E-state index in [2.05, 4.69) is 11.4 Å². The van der Waals surface area contributed by atoms with Gasteiger partial charge in [0.25, 0.3) is 5.91 Å². The highest BCUT2D eigenvalue weighted by molar-refractivity contribution is 7.99. The van der Waals surface area contributed by atoms with Crippen molar-refractivity contribution in [2.45, 2.75) is 41.9 Å². The molecule has 150 valence electrons. The van der Waals surface area contributed by atoms with Crippen LogP contribution in [-0.4, -0.2) is 25.0 Å². The average Bonchev–Trinajstić information content (AvgIpc) is 2.77. The molecule has 2 aromatic carbocycles. The number of nitrogens with zero attached hydrogens (tertiary/aromatic N) is 1. The molecule has 0 atom stereocenters. The van der Waals surface area contributed by atoms with Crippen LogP contribution in [0.15, 0.2) is 58.3 Å². The van der Waals surface area contributed by atoms with Crippen LogP contribution in [0.2, 0.25) is 0 Å². The summed E-state index contributed by atoms with van der Waals surface area (Å²) in [6.45, 7) is 0.354. The maximum atomic E-state index is 12.5. The molecule has 29 heavy (non-hydrogen) atoms. The van der Waals surface area contributed by atoms with Crippen molar-refractivity contribution in [2.24, 2.45) is 5.92 Å². The van der Waals surface area contributed by atoms with Gasteiger partial charge in [0.15, 0.2) is 6.61 Å². The second kappa shape index (κ2) is 10.7. The number of ether oxygens (including phenoxy) is 1. The van der Waals surface area contributed by atoms with E-state index in [-0.39, 0.29) is 12.5 Å². The molecule has 1 aliphatic carbocycles. The zero-order chi connectivity index (χ0) is 20.5. The van der Waals surface area contributed by atoms with Crippen LogP contribution in [0, 0.1) is 17.2 Å². The number of carbonyl (C=O) groups excluding carboxylic acids is 2. The van der Waals surface area contributed by atoms with E-state index >= 15 is 0 Å². The summed E-state index contributed by atoms with van der Waals surface area (Å²) in [5, 5.41) is 12.1. The lowest BCUT2D eigenvalue weighted by Crippen LogP contribution is -2.33. The Hall–Kier alpha value is -2.78. The van der Waals surface area contributed by atoms with Gasteiger partial charge in [-0.1, -0.05) is 55.3 Å². The Balaban J connectivity index is 1.57. The lowest BCUT2D eigenvalue weighted by Gasteiger charge is -2.21. The Bertz CT molecular complexity index is 901. The molecule has 1 amide bonds. The summed E-state index contributed by atoms with van der Waals surface area (Å²) in [5.41, 5.74) is 0.924. The monoisotopic (exact) mass is 408 g/mol. The summed E-state index contributed by atoms with van der Waals surface area (Å²) in [6, 6.07) is 16.4. The van der Waals surface area contributed by atoms with E-state index in [9.17, 15) is 14.9 Å². The molecule has 0 spiro atoms. The van der Waals surface area contributed by atoms with Crippen LogP contribution in [0.3, 0.4) is 0 Å². The molecule has 0 bridgehead atoms. The van der Waals surface area contributed by atoms with E-state index < -0.39 is 5.97 Å². The Morgan fingerprint density at radius 2 is 1.72 bits per heavy atom. The maximum absolute atomic E-state index is 12.5. The Morgan fingerprint density at radius 1 is 1.03 bits per heavy atom. The molecule has 0 aliphatic heterocycles. The Kier molecular flexibility index (Phi) is 7.71. The van der Waals surface area contributed by atoms with Gasteiger partial charge >= 0.3 is 5.97 Å². The summed E-state index contributed by atoms with van der Waals surface area (Å²) in [6.07, 6.45) is 6.01. The van der Waals surface area contributed by atoms with Gasteiger partial charge in [-0.25, -0.2) is 4.79 Å². The summed E-state index contributed by atoms with van der Waals surface area (Å²) in [5.74, 6) is -0.292. The van der Waals surface area contributed by atoms with Crippen molar-refractivity contribution in [1.82, 2.24) is 5.32 Å². The Morgan fingerprint density at radius 3 is 2.48 bits per heavy atom. The summed E-state index contributed by atoms with van der Waals surface area (Å²) in [4.78, 5) is 26.0. The fourth-order valence-corrected chi connectivity index (χ4v) is 4.42. The van der Waals surface area contributed by atoms with Crippen LogP contribution >= 0.6 is 11.8 Å². The largest absolute Gasteiger partial charge is 0.452 e. The Labute approximate surface area is 175 Å². The number of rotatable bonds is 7. The average molecular weight is 409 g/mol. The lowest BCUT2D eigenvalue weighted by atomic mass is 9.89. The number of amides is 1. The first kappa shape index (κ1) is 20.9. The first-order chi connectivity index (χ1) is 14.2. The molecule has 0 unspecified atom stereocenters. The predicted molar refractivity (Wildman–Crippen MR) is 112 cm³/mol. The first-order valence-electron chi connectivity index (χ1n) is 9.87. The zero-order valence-corrected chi connectivity index (χ0v) is 17.0. The summed E-state index contributed by atoms with van der Waals surface area (Å²) in [7, 11) is 0. The van der Waals surface area contributed by atoms with Gasteiger partial charge in [0.05, 0.1) is 11.1 Å². The molecule has 6 heteroatoms. The molecule has 1 fully saturated rings. The predicted octanol–water partition coefficient (Wildman–Crippen LogP) is 4.56. The standard InChI is InChI=1S/C23H24N2O3S/c24-14-18-10-4-6-12-20(18)29-21-13-7-5-11-19(21)23(27)28-16-22(26)25-15-17-8-2-1-3-9-17/h4-7,10-13,17H,1-3,8-9,15-16H2,(H,25,26). The fraction of sp³-hybridized carbons (Fsp3) is 0.348. The van der Waals surface area contributed by atoms with E-state index in [0.29, 0.717) is 28.5 Å². The van der Waals surface area contributed by atoms with Gasteiger partial charge < -0.3 is 10.1 Å². The molecule has 0 heterocycles. The summed E-state index contributed by atoms with van der Waals surface area (Å²) < 4.78 is 5.24. The fourth-order valence-electron chi connectivity index (χ4n) is 3.40. The minimum atomic E-state index is -0.546. The number of esters is 1. The number of nitriles is 1. The SMILES string of the molecule is N#Cc1ccccc1Sc1ccccc1C(=O)OCC(=O)NCC1CCCCC1. The molecule has 0 saturated heterocycles. The zero-order valence-electron chi connectivity index (χ0n) is 16.2. The maximum Gasteiger partial charge on any atom is 0.339 e. The normalized spacial score (nSPS) is 14.0. The van der Waals surface area contributed by atoms with Crippen molar-refractivity contribution in [3.05, 3.63) is 59.7 Å². The minimum Gasteiger partial charge on any atom is -0.452 e. The second-order valence-electron chi connectivity index (χ2n) is 7.09. The van der Waals surface area contributed by atoms with Gasteiger partial charge in [0.1, 0.15) is 6.07 Å². The van der Waals surface area contributed by atoms with Crippen molar-refractivity contribution < 1.29 is 14.3 Å². The number of nitrogens with one attached hydrogen (secondary N) is 1. The topological polar surface area (TPSA) is 79.2 Å². The molecule has 2 aromatic rings. The molecular formula is C23H24N2O3S. The smallest absolute Gasteiger partial charge is 0.339 e. The number of carbonyl (C=O) groups is 2. The van der Waals surface area contributed by atoms with E-state index in [0.717, 1.165) is 17.7 Å². The third-order valence-corrected chi connectivity index (χ3v) is 6.13. The van der Waals surface area contributed by atoms with Crippen LogP contribution in [0.5, 0.6) is 0 Å². The molecule has 0 aromatic heterocycles. The van der Waals surface area contributed by atoms with Gasteiger partial charge in [-0.3, -0.25) is 4.79 Å². The van der Waals surface area contributed by atoms with Gasteiger partial charge in [-0.15, -0.1) is 0 Å². The highest BCUT2D eigenvalue weighted by atomic mass is 32.2. The minimum absolute atomic E-state index is 0.274. The third-order valence-electron chi connectivity index (χ3n) is 4.98. The van der Waals surface area contributed by atoms with Crippen LogP contribution in [0.1, 0.15) is 48.0 Å². The van der Waals surface area contributed by atoms with Gasteiger partial charge in [-0.05, 0) is 43.0 Å². The van der Waals surface area contributed by atoms with Gasteiger partial charge in [0, 0.05) is 16.3 Å². The summed E-state index contributed by atoms with van der Waals surface area (Å²) >= 11 is 1.33. The van der Waals surface area contributed by atoms with Gasteiger partial charge in [0.2, 0.25) is 0 Å². The third kappa shape index (κ3) is 6.10. The van der Waals surface area contributed by atoms with Crippen LogP contribution in [0.4, 0.5) is 0 Å². The second-order valence-corrected chi connectivity index (χ2v) is 8.17. The number of hydrogen-bond donors (Lipinski definition) is 1. The number of benzene rings is 2. The molecule has 1 saturated carbocycles. The van der Waals surface area contributed by atoms with Crippen molar-refractivity contribution in [1.29, 1.82) is 5.26 Å². The van der Waals surface area contributed by atoms with Crippen LogP contribution < -0.4 is 5.32 Å². The molecule has 5 nitrogen and oxygen atoms in total. The molecule has 1 aliphatic rings. The molecule has 1 N–H and O–H groups in total. The number of hydrogen-bond acceptors (Lipinski definition) is 5. The van der Waals surface area contributed by atoms with Crippen molar-refractivity contribution >= 4 is 23.6 Å². The van der Waals surface area contributed by atoms with Crippen molar-refractivity contribution in [2.75, 3.05) is 13.2 Å². The van der Waals surface area contributed by atoms with Crippen LogP contribution in [-0.2, 0) is 9.53 Å². The lowest BCUT2D eigenvalue weighted by molar-refractivity contribution is -0.124.